The van der Waals surface area contributed by atoms with Crippen LogP contribution in [0.2, 0.25) is 5.02 Å². The van der Waals surface area contributed by atoms with Crippen LogP contribution in [-0.2, 0) is 16.6 Å². The Balaban J connectivity index is 2.51. The van der Waals surface area contributed by atoms with Crippen LogP contribution in [0.3, 0.4) is 0 Å². The molecule has 118 valence electrons. The van der Waals surface area contributed by atoms with Gasteiger partial charge in [-0.05, 0) is 31.5 Å². The number of rotatable bonds is 5. The van der Waals surface area contributed by atoms with Gasteiger partial charge in [-0.2, -0.15) is 4.31 Å². The predicted octanol–water partition coefficient (Wildman–Crippen LogP) is 2.10. The fourth-order valence-electron chi connectivity index (χ4n) is 2.62. The fourth-order valence-corrected chi connectivity index (χ4v) is 4.72. The SMILES string of the molecule is CNCc1cc(Cl)cc(S(=O)(=O)N2CCC(C)C2)c1OC. The van der Waals surface area contributed by atoms with E-state index in [2.05, 4.69) is 12.2 Å². The molecule has 0 amide bonds. The molecule has 1 heterocycles. The number of benzene rings is 1. The molecule has 0 aliphatic carbocycles. The van der Waals surface area contributed by atoms with Crippen LogP contribution < -0.4 is 10.1 Å². The minimum atomic E-state index is -3.58. The van der Waals surface area contributed by atoms with Crippen molar-refractivity contribution in [1.82, 2.24) is 9.62 Å². The first-order chi connectivity index (χ1) is 9.90. The summed E-state index contributed by atoms with van der Waals surface area (Å²) < 4.78 is 32.5. The molecular weight excluding hydrogens is 312 g/mol. The molecule has 0 bridgehead atoms. The Labute approximate surface area is 131 Å². The topological polar surface area (TPSA) is 58.6 Å². The molecule has 1 N–H and O–H groups in total. The number of halogens is 1. The molecule has 1 fully saturated rings. The third-order valence-corrected chi connectivity index (χ3v) is 5.76. The van der Waals surface area contributed by atoms with Gasteiger partial charge >= 0.3 is 0 Å². The first-order valence-corrected chi connectivity index (χ1v) is 8.73. The largest absolute Gasteiger partial charge is 0.495 e. The molecular formula is C14H21ClN2O3S. The predicted molar refractivity (Wildman–Crippen MR) is 83.3 cm³/mol. The molecule has 1 atom stereocenters. The highest BCUT2D eigenvalue weighted by Gasteiger charge is 2.33. The third-order valence-electron chi connectivity index (χ3n) is 3.67. The first kappa shape index (κ1) is 16.5. The maximum Gasteiger partial charge on any atom is 0.246 e. The zero-order valence-electron chi connectivity index (χ0n) is 12.5. The van der Waals surface area contributed by atoms with E-state index in [4.69, 9.17) is 16.3 Å². The van der Waals surface area contributed by atoms with Gasteiger partial charge in [0.15, 0.2) is 0 Å². The van der Waals surface area contributed by atoms with Crippen molar-refractivity contribution in [2.45, 2.75) is 24.8 Å². The summed E-state index contributed by atoms with van der Waals surface area (Å²) in [7, 11) is -0.313. The highest BCUT2D eigenvalue weighted by atomic mass is 35.5. The lowest BCUT2D eigenvalue weighted by Gasteiger charge is -2.20. The minimum Gasteiger partial charge on any atom is -0.495 e. The van der Waals surface area contributed by atoms with Gasteiger partial charge in [-0.15, -0.1) is 0 Å². The summed E-state index contributed by atoms with van der Waals surface area (Å²) in [4.78, 5) is 0.150. The van der Waals surface area contributed by atoms with Gasteiger partial charge in [0.2, 0.25) is 10.0 Å². The number of methoxy groups -OCH3 is 1. The van der Waals surface area contributed by atoms with E-state index in [1.807, 2.05) is 0 Å². The second kappa shape index (κ2) is 6.52. The van der Waals surface area contributed by atoms with E-state index in [0.29, 0.717) is 36.3 Å². The van der Waals surface area contributed by atoms with Crippen molar-refractivity contribution in [3.05, 3.63) is 22.7 Å². The van der Waals surface area contributed by atoms with E-state index in [0.717, 1.165) is 12.0 Å². The minimum absolute atomic E-state index is 0.150. The summed E-state index contributed by atoms with van der Waals surface area (Å²) in [6.07, 6.45) is 0.880. The Morgan fingerprint density at radius 3 is 2.71 bits per heavy atom. The summed E-state index contributed by atoms with van der Waals surface area (Å²) in [5.74, 6) is 0.745. The summed E-state index contributed by atoms with van der Waals surface area (Å²) in [5.41, 5.74) is 0.735. The van der Waals surface area contributed by atoms with Gasteiger partial charge in [-0.25, -0.2) is 8.42 Å². The Kier molecular flexibility index (Phi) is 5.14. The Bertz CT molecular complexity index is 619. The number of sulfonamides is 1. The summed E-state index contributed by atoms with van der Waals surface area (Å²) in [6, 6.07) is 3.19. The van der Waals surface area contributed by atoms with Gasteiger partial charge in [0, 0.05) is 30.2 Å². The Hall–Kier alpha value is -0.820. The molecule has 0 aromatic heterocycles. The molecule has 0 saturated carbocycles. The third kappa shape index (κ3) is 3.34. The first-order valence-electron chi connectivity index (χ1n) is 6.91. The molecule has 5 nitrogen and oxygen atoms in total. The molecule has 0 radical (unpaired) electrons. The highest BCUT2D eigenvalue weighted by Crippen LogP contribution is 2.35. The number of nitrogens with one attached hydrogen (secondary N) is 1. The summed E-state index contributed by atoms with van der Waals surface area (Å²) in [6.45, 7) is 3.62. The van der Waals surface area contributed by atoms with Gasteiger partial charge in [-0.1, -0.05) is 18.5 Å². The van der Waals surface area contributed by atoms with Gasteiger partial charge in [0.1, 0.15) is 10.6 Å². The number of hydrogen-bond donors (Lipinski definition) is 1. The standard InChI is InChI=1S/C14H21ClN2O3S/c1-10-4-5-17(9-10)21(18,19)13-7-12(15)6-11(8-16-2)14(13)20-3/h6-7,10,16H,4-5,8-9H2,1-3H3. The number of hydrogen-bond acceptors (Lipinski definition) is 4. The van der Waals surface area contributed by atoms with Crippen molar-refractivity contribution in [2.24, 2.45) is 5.92 Å². The van der Waals surface area contributed by atoms with Gasteiger partial charge in [0.25, 0.3) is 0 Å². The van der Waals surface area contributed by atoms with Crippen molar-refractivity contribution >= 4 is 21.6 Å². The normalized spacial score (nSPS) is 19.9. The molecule has 7 heteroatoms. The second-order valence-electron chi connectivity index (χ2n) is 5.38. The van der Waals surface area contributed by atoms with Crippen LogP contribution in [0, 0.1) is 5.92 Å². The van der Waals surface area contributed by atoms with Crippen LogP contribution in [0.4, 0.5) is 0 Å². The maximum absolute atomic E-state index is 12.8. The van der Waals surface area contributed by atoms with Gasteiger partial charge in [0.05, 0.1) is 7.11 Å². The van der Waals surface area contributed by atoms with E-state index in [9.17, 15) is 8.42 Å². The average molecular weight is 333 g/mol. The van der Waals surface area contributed by atoms with Crippen LogP contribution in [0.15, 0.2) is 17.0 Å². The van der Waals surface area contributed by atoms with Crippen molar-refractivity contribution in [2.75, 3.05) is 27.2 Å². The lowest BCUT2D eigenvalue weighted by atomic mass is 10.2. The van der Waals surface area contributed by atoms with Gasteiger partial charge < -0.3 is 10.1 Å². The smallest absolute Gasteiger partial charge is 0.246 e. The molecule has 0 spiro atoms. The van der Waals surface area contributed by atoms with Crippen molar-refractivity contribution in [3.8, 4) is 5.75 Å². The fraction of sp³-hybridized carbons (Fsp3) is 0.571. The Morgan fingerprint density at radius 2 is 2.19 bits per heavy atom. The van der Waals surface area contributed by atoms with E-state index in [1.165, 1.54) is 17.5 Å². The molecule has 1 unspecified atom stereocenters. The van der Waals surface area contributed by atoms with E-state index < -0.39 is 10.0 Å². The van der Waals surface area contributed by atoms with Crippen LogP contribution >= 0.6 is 11.6 Å². The molecule has 21 heavy (non-hydrogen) atoms. The molecule has 1 aromatic rings. The molecule has 2 rings (SSSR count). The second-order valence-corrected chi connectivity index (χ2v) is 7.73. The lowest BCUT2D eigenvalue weighted by molar-refractivity contribution is 0.391. The van der Waals surface area contributed by atoms with E-state index in [1.54, 1.807) is 13.1 Å². The van der Waals surface area contributed by atoms with Crippen LogP contribution in [0.25, 0.3) is 0 Å². The number of ether oxygens (including phenoxy) is 1. The van der Waals surface area contributed by atoms with Crippen molar-refractivity contribution < 1.29 is 13.2 Å². The zero-order chi connectivity index (χ0) is 15.6. The van der Waals surface area contributed by atoms with E-state index in [-0.39, 0.29) is 4.90 Å². The van der Waals surface area contributed by atoms with Crippen molar-refractivity contribution in [3.63, 3.8) is 0 Å². The van der Waals surface area contributed by atoms with Gasteiger partial charge in [-0.3, -0.25) is 0 Å². The summed E-state index contributed by atoms with van der Waals surface area (Å²) >= 11 is 6.09. The summed E-state index contributed by atoms with van der Waals surface area (Å²) in [5, 5.41) is 3.39. The molecule has 1 aliphatic rings. The molecule has 1 saturated heterocycles. The van der Waals surface area contributed by atoms with Crippen LogP contribution in [0.1, 0.15) is 18.9 Å². The monoisotopic (exact) mass is 332 g/mol. The molecule has 1 aliphatic heterocycles. The molecule has 1 aromatic carbocycles. The quantitative estimate of drug-likeness (QED) is 0.897. The van der Waals surface area contributed by atoms with Crippen LogP contribution in [0.5, 0.6) is 5.75 Å². The Morgan fingerprint density at radius 1 is 1.48 bits per heavy atom. The van der Waals surface area contributed by atoms with Crippen molar-refractivity contribution in [1.29, 1.82) is 0 Å². The highest BCUT2D eigenvalue weighted by molar-refractivity contribution is 7.89. The zero-order valence-corrected chi connectivity index (χ0v) is 14.1. The van der Waals surface area contributed by atoms with E-state index >= 15 is 0 Å². The maximum atomic E-state index is 12.8. The average Bonchev–Trinajstić information content (AvgIpc) is 2.86. The number of nitrogens with zero attached hydrogens (tertiary/aromatic N) is 1. The lowest BCUT2D eigenvalue weighted by Crippen LogP contribution is -2.29. The van der Waals surface area contributed by atoms with Crippen LogP contribution in [-0.4, -0.2) is 40.0 Å².